The highest BCUT2D eigenvalue weighted by molar-refractivity contribution is 5.86. The smallest absolute Gasteiger partial charge is 0.262 e. The predicted octanol–water partition coefficient (Wildman–Crippen LogP) is 2.65. The van der Waals surface area contributed by atoms with Crippen LogP contribution in [0.4, 0.5) is 5.69 Å². The molecule has 0 aromatic heterocycles. The zero-order valence-corrected chi connectivity index (χ0v) is 12.6. The number of benzene rings is 2. The van der Waals surface area contributed by atoms with Crippen LogP contribution in [0.25, 0.3) is 0 Å². The Morgan fingerprint density at radius 3 is 2.41 bits per heavy atom. The molecule has 1 atom stereocenters. The number of hydrazone groups is 1. The van der Waals surface area contributed by atoms with Crippen molar-refractivity contribution in [1.29, 1.82) is 0 Å². The maximum atomic E-state index is 11.9. The van der Waals surface area contributed by atoms with Crippen molar-refractivity contribution in [2.45, 2.75) is 19.9 Å². The van der Waals surface area contributed by atoms with Crippen LogP contribution in [0.3, 0.4) is 0 Å². The molecule has 5 nitrogen and oxygen atoms in total. The van der Waals surface area contributed by atoms with Gasteiger partial charge in [-0.05, 0) is 55.8 Å². The molecule has 1 amide bonds. The zero-order valence-electron chi connectivity index (χ0n) is 12.6. The molecule has 0 saturated carbocycles. The highest BCUT2D eigenvalue weighted by Gasteiger charge is 2.11. The molecule has 0 aliphatic rings. The van der Waals surface area contributed by atoms with Gasteiger partial charge in [0.2, 0.25) is 0 Å². The largest absolute Gasteiger partial charge is 0.508 e. The lowest BCUT2D eigenvalue weighted by molar-refractivity contribution is -0.121. The van der Waals surface area contributed by atoms with Crippen LogP contribution in [0.15, 0.2) is 53.6 Å². The van der Waals surface area contributed by atoms with Crippen molar-refractivity contribution in [2.24, 2.45) is 5.10 Å². The van der Waals surface area contributed by atoms with E-state index in [0.717, 1.165) is 11.3 Å². The molecule has 0 fully saturated rings. The number of carbonyl (C=O) groups excluding carboxylic acids is 1. The van der Waals surface area contributed by atoms with Crippen LogP contribution in [0, 0.1) is 6.92 Å². The third-order valence-electron chi connectivity index (χ3n) is 3.11. The molecule has 0 bridgehead atoms. The molecule has 0 heterocycles. The molecular weight excluding hydrogens is 278 g/mol. The summed E-state index contributed by atoms with van der Waals surface area (Å²) in [6.45, 7) is 3.78. The lowest BCUT2D eigenvalue weighted by Gasteiger charge is -2.13. The second-order valence-corrected chi connectivity index (χ2v) is 5.06. The molecule has 3 N–H and O–H groups in total. The maximum absolute atomic E-state index is 11.9. The van der Waals surface area contributed by atoms with E-state index < -0.39 is 6.04 Å². The van der Waals surface area contributed by atoms with Gasteiger partial charge in [0.25, 0.3) is 5.91 Å². The Bertz CT molecular complexity index is 649. The average molecular weight is 297 g/mol. The van der Waals surface area contributed by atoms with Crippen LogP contribution >= 0.6 is 0 Å². The lowest BCUT2D eigenvalue weighted by atomic mass is 10.2. The number of amides is 1. The minimum Gasteiger partial charge on any atom is -0.508 e. The summed E-state index contributed by atoms with van der Waals surface area (Å²) in [5.74, 6) is -0.0345. The predicted molar refractivity (Wildman–Crippen MR) is 88.1 cm³/mol. The van der Waals surface area contributed by atoms with Crippen LogP contribution in [0.2, 0.25) is 0 Å². The number of anilines is 1. The van der Waals surface area contributed by atoms with Crippen LogP contribution in [0.1, 0.15) is 18.1 Å². The van der Waals surface area contributed by atoms with Gasteiger partial charge in [0.1, 0.15) is 11.8 Å². The van der Waals surface area contributed by atoms with E-state index in [9.17, 15) is 9.90 Å². The number of phenols is 1. The van der Waals surface area contributed by atoms with Gasteiger partial charge in [-0.2, -0.15) is 5.10 Å². The van der Waals surface area contributed by atoms with Crippen LogP contribution in [0.5, 0.6) is 5.75 Å². The van der Waals surface area contributed by atoms with E-state index >= 15 is 0 Å². The maximum Gasteiger partial charge on any atom is 0.262 e. The van der Waals surface area contributed by atoms with Crippen LogP contribution in [-0.2, 0) is 4.79 Å². The third-order valence-corrected chi connectivity index (χ3v) is 3.11. The monoisotopic (exact) mass is 297 g/mol. The highest BCUT2D eigenvalue weighted by Crippen LogP contribution is 2.10. The van der Waals surface area contributed by atoms with E-state index in [0.29, 0.717) is 0 Å². The first-order chi connectivity index (χ1) is 10.5. The Balaban J connectivity index is 1.85. The van der Waals surface area contributed by atoms with E-state index in [1.165, 1.54) is 11.8 Å². The number of rotatable bonds is 5. The molecule has 0 spiro atoms. The topological polar surface area (TPSA) is 73.7 Å². The second kappa shape index (κ2) is 7.26. The summed E-state index contributed by atoms with van der Waals surface area (Å²) in [7, 11) is 0. The molecule has 2 rings (SSSR count). The second-order valence-electron chi connectivity index (χ2n) is 5.06. The van der Waals surface area contributed by atoms with Gasteiger partial charge in [-0.1, -0.05) is 17.7 Å². The van der Waals surface area contributed by atoms with Crippen molar-refractivity contribution >= 4 is 17.8 Å². The first-order valence-corrected chi connectivity index (χ1v) is 7.00. The lowest BCUT2D eigenvalue weighted by Crippen LogP contribution is -2.34. The van der Waals surface area contributed by atoms with Crippen molar-refractivity contribution in [1.82, 2.24) is 5.43 Å². The average Bonchev–Trinajstić information content (AvgIpc) is 2.51. The molecule has 114 valence electrons. The molecular formula is C17H19N3O2. The van der Waals surface area contributed by atoms with Crippen molar-refractivity contribution in [3.05, 3.63) is 59.7 Å². The fraction of sp³-hybridized carbons (Fsp3) is 0.176. The van der Waals surface area contributed by atoms with E-state index in [-0.39, 0.29) is 11.7 Å². The molecule has 0 aliphatic carbocycles. The van der Waals surface area contributed by atoms with Gasteiger partial charge in [-0.15, -0.1) is 0 Å². The third kappa shape index (κ3) is 4.63. The fourth-order valence-electron chi connectivity index (χ4n) is 1.79. The van der Waals surface area contributed by atoms with E-state index in [4.69, 9.17) is 0 Å². The first-order valence-electron chi connectivity index (χ1n) is 7.00. The SMILES string of the molecule is Cc1ccc(N[C@H](C)C(=O)N/N=C\c2ccc(O)cc2)cc1. The molecule has 2 aromatic rings. The van der Waals surface area contributed by atoms with Crippen molar-refractivity contribution in [3.63, 3.8) is 0 Å². The van der Waals surface area contributed by atoms with Gasteiger partial charge in [-0.3, -0.25) is 4.79 Å². The molecule has 22 heavy (non-hydrogen) atoms. The number of hydrogen-bond donors (Lipinski definition) is 3. The van der Waals surface area contributed by atoms with Crippen LogP contribution < -0.4 is 10.7 Å². The number of nitrogens with one attached hydrogen (secondary N) is 2. The fourth-order valence-corrected chi connectivity index (χ4v) is 1.79. The molecule has 0 saturated heterocycles. The Hall–Kier alpha value is -2.82. The number of phenolic OH excluding ortho intramolecular Hbond substituents is 1. The molecule has 2 aromatic carbocycles. The summed E-state index contributed by atoms with van der Waals surface area (Å²) in [5.41, 5.74) is 5.32. The normalized spacial score (nSPS) is 12.1. The van der Waals surface area contributed by atoms with Crippen molar-refractivity contribution in [2.75, 3.05) is 5.32 Å². The standard InChI is InChI=1S/C17H19N3O2/c1-12-3-7-15(8-4-12)19-13(2)17(22)20-18-11-14-5-9-16(21)10-6-14/h3-11,13,19,21H,1-2H3,(H,20,22)/b18-11-/t13-/m1/s1. The summed E-state index contributed by atoms with van der Waals surface area (Å²) in [6.07, 6.45) is 1.52. The van der Waals surface area contributed by atoms with E-state index in [1.807, 2.05) is 31.2 Å². The van der Waals surface area contributed by atoms with Gasteiger partial charge in [0.05, 0.1) is 6.21 Å². The summed E-state index contributed by atoms with van der Waals surface area (Å²) in [6, 6.07) is 14.0. The minimum atomic E-state index is -0.403. The van der Waals surface area contributed by atoms with Gasteiger partial charge < -0.3 is 10.4 Å². The number of hydrogen-bond acceptors (Lipinski definition) is 4. The summed E-state index contributed by atoms with van der Waals surface area (Å²) >= 11 is 0. The van der Waals surface area contributed by atoms with E-state index in [2.05, 4.69) is 15.8 Å². The van der Waals surface area contributed by atoms with Gasteiger partial charge in [0.15, 0.2) is 0 Å². The van der Waals surface area contributed by atoms with Gasteiger partial charge >= 0.3 is 0 Å². The van der Waals surface area contributed by atoms with Crippen molar-refractivity contribution < 1.29 is 9.90 Å². The minimum absolute atomic E-state index is 0.192. The Labute approximate surface area is 129 Å². The highest BCUT2D eigenvalue weighted by atomic mass is 16.3. The number of carbonyl (C=O) groups is 1. The van der Waals surface area contributed by atoms with Crippen LogP contribution in [-0.4, -0.2) is 23.3 Å². The molecule has 0 aliphatic heterocycles. The summed E-state index contributed by atoms with van der Waals surface area (Å²) in [4.78, 5) is 11.9. The first kappa shape index (κ1) is 15.6. The summed E-state index contributed by atoms with van der Waals surface area (Å²) in [5, 5.41) is 16.2. The Morgan fingerprint density at radius 2 is 1.77 bits per heavy atom. The quantitative estimate of drug-likeness (QED) is 0.587. The zero-order chi connectivity index (χ0) is 15.9. The number of aryl methyl sites for hydroxylation is 1. The summed E-state index contributed by atoms with van der Waals surface area (Å²) < 4.78 is 0. The Morgan fingerprint density at radius 1 is 1.14 bits per heavy atom. The molecule has 0 radical (unpaired) electrons. The van der Waals surface area contributed by atoms with Gasteiger partial charge in [0, 0.05) is 5.69 Å². The van der Waals surface area contributed by atoms with Gasteiger partial charge in [-0.25, -0.2) is 5.43 Å². The number of nitrogens with zero attached hydrogens (tertiary/aromatic N) is 1. The molecule has 0 unspecified atom stereocenters. The Kier molecular flexibility index (Phi) is 5.14. The number of aromatic hydroxyl groups is 1. The van der Waals surface area contributed by atoms with Crippen molar-refractivity contribution in [3.8, 4) is 5.75 Å². The molecule has 5 heteroatoms. The van der Waals surface area contributed by atoms with E-state index in [1.54, 1.807) is 31.2 Å².